The van der Waals surface area contributed by atoms with Crippen molar-refractivity contribution in [3.63, 3.8) is 0 Å². The van der Waals surface area contributed by atoms with Gasteiger partial charge in [-0.3, -0.25) is 4.79 Å². The Hall–Kier alpha value is -5.09. The van der Waals surface area contributed by atoms with Crippen LogP contribution >= 0.6 is 0 Å². The van der Waals surface area contributed by atoms with Crippen LogP contribution in [0.1, 0.15) is 50.7 Å². The molecule has 2 aliphatic heterocycles. The van der Waals surface area contributed by atoms with Gasteiger partial charge < -0.3 is 45.2 Å². The molecule has 4 aromatic rings. The summed E-state index contributed by atoms with van der Waals surface area (Å²) in [6.45, 7) is 0. The first-order valence-electron chi connectivity index (χ1n) is 12.4. The van der Waals surface area contributed by atoms with E-state index >= 15 is 0 Å². The molecule has 6 rings (SSSR count). The summed E-state index contributed by atoms with van der Waals surface area (Å²) in [5, 5.41) is 72.9. The Morgan fingerprint density at radius 2 is 1.25 bits per heavy atom. The third-order valence-corrected chi connectivity index (χ3v) is 7.29. The number of ether oxygens (including phenoxy) is 2. The highest BCUT2D eigenvalue weighted by Gasteiger charge is 2.46. The average Bonchev–Trinajstić information content (AvgIpc) is 2.90. The number of rotatable bonds is 3. The fourth-order valence-corrected chi connectivity index (χ4v) is 5.43. The zero-order valence-corrected chi connectivity index (χ0v) is 20.7. The van der Waals surface area contributed by atoms with Crippen LogP contribution < -0.4 is 9.47 Å². The molecule has 0 fully saturated rings. The molecule has 7 N–H and O–H groups in total. The van der Waals surface area contributed by atoms with Gasteiger partial charge in [-0.25, -0.2) is 0 Å². The van der Waals surface area contributed by atoms with Gasteiger partial charge in [-0.15, -0.1) is 0 Å². The lowest BCUT2D eigenvalue weighted by Gasteiger charge is -2.37. The van der Waals surface area contributed by atoms with Crippen molar-refractivity contribution in [2.45, 2.75) is 30.7 Å². The van der Waals surface area contributed by atoms with Crippen LogP contribution in [0.15, 0.2) is 66.7 Å². The van der Waals surface area contributed by atoms with Gasteiger partial charge in [0.15, 0.2) is 5.78 Å². The first-order chi connectivity index (χ1) is 19.1. The van der Waals surface area contributed by atoms with Crippen LogP contribution in [-0.2, 0) is 6.42 Å². The topological polar surface area (TPSA) is 177 Å². The third kappa shape index (κ3) is 4.05. The first kappa shape index (κ1) is 25.2. The Morgan fingerprint density at radius 3 is 1.88 bits per heavy atom. The molecular weight excluding hydrogens is 520 g/mol. The van der Waals surface area contributed by atoms with E-state index in [0.29, 0.717) is 11.1 Å². The zero-order valence-electron chi connectivity index (χ0n) is 20.7. The van der Waals surface area contributed by atoms with Gasteiger partial charge in [0.2, 0.25) is 0 Å². The highest BCUT2D eigenvalue weighted by Crippen LogP contribution is 2.55. The highest BCUT2D eigenvalue weighted by atomic mass is 16.5. The molecule has 0 radical (unpaired) electrons. The van der Waals surface area contributed by atoms with Gasteiger partial charge in [-0.1, -0.05) is 24.3 Å². The van der Waals surface area contributed by atoms with Gasteiger partial charge in [-0.2, -0.15) is 0 Å². The number of carbonyl (C=O) groups excluding carboxylic acids is 1. The lowest BCUT2D eigenvalue weighted by molar-refractivity contribution is 0.0179. The van der Waals surface area contributed by atoms with E-state index in [1.54, 1.807) is 12.1 Å². The Labute approximate surface area is 227 Å². The maximum absolute atomic E-state index is 14.1. The molecule has 2 heterocycles. The lowest BCUT2D eigenvalue weighted by Crippen LogP contribution is -2.34. The zero-order chi connectivity index (χ0) is 28.3. The Morgan fingerprint density at radius 1 is 0.650 bits per heavy atom. The smallest absolute Gasteiger partial charge is 0.182 e. The number of ketones is 1. The second-order valence-electron chi connectivity index (χ2n) is 9.85. The molecule has 10 nitrogen and oxygen atoms in total. The van der Waals surface area contributed by atoms with Gasteiger partial charge in [0.25, 0.3) is 0 Å². The standard InChI is InChI=1S/C30H24O10/c31-15-5-1-13(2-6-15)28-22(37)11-18-19(34)12-21(36)25(30(18)40-28)26-27(38)24-20(35)9-17(33)10-23(24)39-29(26)14-3-7-16(32)8-4-14/h1-10,12,22,26,28-29,31-37H,11H2/t22-,26-,28-,29-/m0/s1. The summed E-state index contributed by atoms with van der Waals surface area (Å²) in [5.74, 6) is -3.80. The predicted molar refractivity (Wildman–Crippen MR) is 139 cm³/mol. The second kappa shape index (κ2) is 9.28. The molecule has 4 aromatic carbocycles. The van der Waals surface area contributed by atoms with Gasteiger partial charge in [0, 0.05) is 30.2 Å². The van der Waals surface area contributed by atoms with E-state index in [1.807, 2.05) is 0 Å². The Kier molecular flexibility index (Phi) is 5.85. The van der Waals surface area contributed by atoms with Gasteiger partial charge in [-0.05, 0) is 35.4 Å². The number of hydrogen-bond donors (Lipinski definition) is 7. The van der Waals surface area contributed by atoms with Crippen LogP contribution in [-0.4, -0.2) is 47.6 Å². The monoisotopic (exact) mass is 544 g/mol. The molecule has 0 saturated carbocycles. The molecule has 0 aliphatic carbocycles. The number of fused-ring (bicyclic) bond motifs is 2. The molecule has 0 unspecified atom stereocenters. The molecule has 0 saturated heterocycles. The largest absolute Gasteiger partial charge is 0.508 e. The quantitative estimate of drug-likeness (QED) is 0.199. The highest BCUT2D eigenvalue weighted by molar-refractivity contribution is 6.07. The third-order valence-electron chi connectivity index (χ3n) is 7.29. The number of carbonyl (C=O) groups is 1. The van der Waals surface area contributed by atoms with Crippen molar-refractivity contribution in [3.8, 4) is 46.0 Å². The van der Waals surface area contributed by atoms with E-state index in [1.165, 1.54) is 42.5 Å². The van der Waals surface area contributed by atoms with Gasteiger partial charge in [0.05, 0.1) is 17.6 Å². The minimum absolute atomic E-state index is 0.0108. The van der Waals surface area contributed by atoms with Crippen LogP contribution in [0.5, 0.6) is 46.0 Å². The van der Waals surface area contributed by atoms with E-state index in [-0.39, 0.29) is 57.6 Å². The summed E-state index contributed by atoms with van der Waals surface area (Å²) in [6, 6.07) is 15.1. The summed E-state index contributed by atoms with van der Waals surface area (Å²) in [5.41, 5.74) is 0.837. The van der Waals surface area contributed by atoms with Crippen molar-refractivity contribution in [2.24, 2.45) is 0 Å². The fraction of sp³-hybridized carbons (Fsp3) is 0.167. The predicted octanol–water partition coefficient (Wildman–Crippen LogP) is 4.06. The Bertz CT molecular complexity index is 1630. The Balaban J connectivity index is 1.56. The van der Waals surface area contributed by atoms with Crippen LogP contribution in [0.4, 0.5) is 0 Å². The summed E-state index contributed by atoms with van der Waals surface area (Å²) in [6.07, 6.45) is -3.29. The summed E-state index contributed by atoms with van der Waals surface area (Å²) in [7, 11) is 0. The number of benzene rings is 4. The molecule has 10 heteroatoms. The van der Waals surface area contributed by atoms with Gasteiger partial charge in [0.1, 0.15) is 63.8 Å². The van der Waals surface area contributed by atoms with Crippen LogP contribution in [0.2, 0.25) is 0 Å². The van der Waals surface area contributed by atoms with Crippen molar-refractivity contribution in [3.05, 3.63) is 94.5 Å². The fourth-order valence-electron chi connectivity index (χ4n) is 5.43. The number of hydrogen-bond acceptors (Lipinski definition) is 10. The molecule has 204 valence electrons. The van der Waals surface area contributed by atoms with Crippen molar-refractivity contribution in [2.75, 3.05) is 0 Å². The van der Waals surface area contributed by atoms with Crippen molar-refractivity contribution in [1.82, 2.24) is 0 Å². The van der Waals surface area contributed by atoms with Crippen LogP contribution in [0.25, 0.3) is 0 Å². The number of aliphatic hydroxyl groups is 1. The van der Waals surface area contributed by atoms with Crippen molar-refractivity contribution < 1.29 is 50.0 Å². The molecule has 2 aliphatic rings. The average molecular weight is 545 g/mol. The molecular formula is C30H24O10. The van der Waals surface area contributed by atoms with Crippen molar-refractivity contribution >= 4 is 5.78 Å². The van der Waals surface area contributed by atoms with Crippen LogP contribution in [0.3, 0.4) is 0 Å². The first-order valence-corrected chi connectivity index (χ1v) is 12.4. The molecule has 4 atom stereocenters. The number of phenolic OH excluding ortho intramolecular Hbond substituents is 6. The number of aromatic hydroxyl groups is 6. The van der Waals surface area contributed by atoms with E-state index in [2.05, 4.69) is 0 Å². The minimum Gasteiger partial charge on any atom is -0.508 e. The maximum Gasteiger partial charge on any atom is 0.182 e. The van der Waals surface area contributed by atoms with Gasteiger partial charge >= 0.3 is 0 Å². The second-order valence-corrected chi connectivity index (χ2v) is 9.85. The molecule has 0 aromatic heterocycles. The molecule has 0 spiro atoms. The van der Waals surface area contributed by atoms with Crippen LogP contribution in [0, 0.1) is 0 Å². The van der Waals surface area contributed by atoms with E-state index in [0.717, 1.165) is 12.1 Å². The van der Waals surface area contributed by atoms with E-state index in [4.69, 9.17) is 9.47 Å². The number of Topliss-reactive ketones (excluding diaryl/α,β-unsaturated/α-hetero) is 1. The lowest BCUT2D eigenvalue weighted by atomic mass is 9.78. The minimum atomic E-state index is -1.32. The molecule has 40 heavy (non-hydrogen) atoms. The molecule has 0 amide bonds. The number of aliphatic hydroxyl groups excluding tert-OH is 1. The van der Waals surface area contributed by atoms with E-state index in [9.17, 15) is 40.5 Å². The van der Waals surface area contributed by atoms with Crippen molar-refractivity contribution in [1.29, 1.82) is 0 Å². The summed E-state index contributed by atoms with van der Waals surface area (Å²) < 4.78 is 12.4. The normalized spacial score (nSPS) is 21.6. The van der Waals surface area contributed by atoms with E-state index < -0.39 is 41.5 Å². The maximum atomic E-state index is 14.1. The molecule has 0 bridgehead atoms. The number of phenols is 6. The summed E-state index contributed by atoms with van der Waals surface area (Å²) in [4.78, 5) is 14.1. The summed E-state index contributed by atoms with van der Waals surface area (Å²) >= 11 is 0. The SMILES string of the molecule is O=C1c2c(O)cc(O)cc2O[C@@H](c2ccc(O)cc2)[C@H]1c1c(O)cc(O)c2c1O[C@@H](c1ccc(O)cc1)[C@@H](O)C2.